The number of rotatable bonds is 5. The Morgan fingerprint density at radius 3 is 2.94 bits per heavy atom. The van der Waals surface area contributed by atoms with Crippen molar-refractivity contribution in [3.05, 3.63) is 30.2 Å². The van der Waals surface area contributed by atoms with Crippen molar-refractivity contribution in [2.75, 3.05) is 11.9 Å². The molecule has 2 rings (SSSR count). The number of aromatic amines is 1. The second kappa shape index (κ2) is 5.64. The monoisotopic (exact) mass is 246 g/mol. The molecule has 0 amide bonds. The van der Waals surface area contributed by atoms with E-state index in [2.05, 4.69) is 20.3 Å². The van der Waals surface area contributed by atoms with Crippen molar-refractivity contribution in [1.29, 1.82) is 0 Å². The number of aryl methyl sites for hydroxylation is 1. The van der Waals surface area contributed by atoms with Crippen LogP contribution in [0, 0.1) is 6.92 Å². The summed E-state index contributed by atoms with van der Waals surface area (Å²) in [6.45, 7) is 4.07. The minimum Gasteiger partial charge on any atom is -0.394 e. The van der Waals surface area contributed by atoms with E-state index in [4.69, 9.17) is 0 Å². The fourth-order valence-corrected chi connectivity index (χ4v) is 1.73. The molecule has 0 spiro atoms. The molecule has 18 heavy (non-hydrogen) atoms. The van der Waals surface area contributed by atoms with Gasteiger partial charge in [0.15, 0.2) is 0 Å². The van der Waals surface area contributed by atoms with Gasteiger partial charge >= 0.3 is 0 Å². The number of hydrogen-bond acceptors (Lipinski definition) is 4. The van der Waals surface area contributed by atoms with Gasteiger partial charge in [-0.15, -0.1) is 0 Å². The van der Waals surface area contributed by atoms with Gasteiger partial charge in [-0.2, -0.15) is 0 Å². The minimum absolute atomic E-state index is 0.00761. The molecule has 0 aromatic carbocycles. The predicted octanol–water partition coefficient (Wildman–Crippen LogP) is 1.96. The van der Waals surface area contributed by atoms with Gasteiger partial charge in [-0.25, -0.2) is 9.97 Å². The van der Waals surface area contributed by atoms with Crippen molar-refractivity contribution in [2.45, 2.75) is 26.3 Å². The molecular weight excluding hydrogens is 228 g/mol. The van der Waals surface area contributed by atoms with Crippen LogP contribution in [-0.2, 0) is 0 Å². The Bertz CT molecular complexity index is 492. The fourth-order valence-electron chi connectivity index (χ4n) is 1.73. The normalized spacial score (nSPS) is 12.4. The molecule has 1 atom stereocenters. The summed E-state index contributed by atoms with van der Waals surface area (Å²) in [6.07, 6.45) is 6.39. The number of aromatic nitrogens is 3. The molecule has 0 radical (unpaired) electrons. The summed E-state index contributed by atoms with van der Waals surface area (Å²) < 4.78 is 0. The zero-order valence-electron chi connectivity index (χ0n) is 10.6. The van der Waals surface area contributed by atoms with E-state index in [1.807, 2.05) is 32.3 Å². The summed E-state index contributed by atoms with van der Waals surface area (Å²) in [5.41, 5.74) is 2.97. The lowest BCUT2D eigenvalue weighted by molar-refractivity contribution is 0.271. The molecule has 5 heteroatoms. The van der Waals surface area contributed by atoms with Gasteiger partial charge in [0.1, 0.15) is 0 Å². The number of nitrogens with zero attached hydrogens (tertiary/aromatic N) is 2. The third-order valence-electron chi connectivity index (χ3n) is 2.89. The van der Waals surface area contributed by atoms with E-state index < -0.39 is 0 Å². The van der Waals surface area contributed by atoms with E-state index in [0.29, 0.717) is 5.95 Å². The molecule has 2 heterocycles. The maximum Gasteiger partial charge on any atom is 0.223 e. The lowest BCUT2D eigenvalue weighted by atomic mass is 10.1. The number of aliphatic hydroxyl groups excluding tert-OH is 1. The highest BCUT2D eigenvalue weighted by molar-refractivity contribution is 5.62. The van der Waals surface area contributed by atoms with E-state index in [1.54, 1.807) is 6.20 Å². The lowest BCUT2D eigenvalue weighted by Crippen LogP contribution is -2.24. The quantitative estimate of drug-likeness (QED) is 0.754. The molecule has 2 aromatic rings. The molecule has 0 saturated heterocycles. The first-order valence-corrected chi connectivity index (χ1v) is 6.08. The summed E-state index contributed by atoms with van der Waals surface area (Å²) in [6, 6.07) is 1.97. The Balaban J connectivity index is 2.27. The van der Waals surface area contributed by atoms with Gasteiger partial charge in [0, 0.05) is 24.2 Å². The maximum absolute atomic E-state index is 9.17. The van der Waals surface area contributed by atoms with Crippen molar-refractivity contribution in [2.24, 2.45) is 0 Å². The van der Waals surface area contributed by atoms with Crippen molar-refractivity contribution < 1.29 is 5.11 Å². The number of nitrogens with one attached hydrogen (secondary N) is 2. The Morgan fingerprint density at radius 2 is 2.33 bits per heavy atom. The van der Waals surface area contributed by atoms with E-state index >= 15 is 0 Å². The van der Waals surface area contributed by atoms with Crippen LogP contribution in [0.1, 0.15) is 18.9 Å². The number of hydrogen-bond donors (Lipinski definition) is 3. The van der Waals surface area contributed by atoms with Gasteiger partial charge < -0.3 is 15.4 Å². The Morgan fingerprint density at radius 1 is 1.50 bits per heavy atom. The second-order valence-corrected chi connectivity index (χ2v) is 4.26. The van der Waals surface area contributed by atoms with Crippen LogP contribution in [0.5, 0.6) is 0 Å². The third kappa shape index (κ3) is 2.68. The smallest absolute Gasteiger partial charge is 0.223 e. The molecule has 96 valence electrons. The lowest BCUT2D eigenvalue weighted by Gasteiger charge is -2.14. The molecule has 0 bridgehead atoms. The molecular formula is C13H18N4O. The molecule has 0 fully saturated rings. The van der Waals surface area contributed by atoms with Gasteiger partial charge in [-0.05, 0) is 25.0 Å². The van der Waals surface area contributed by atoms with Crippen LogP contribution in [0.2, 0.25) is 0 Å². The van der Waals surface area contributed by atoms with Crippen LogP contribution in [0.3, 0.4) is 0 Å². The summed E-state index contributed by atoms with van der Waals surface area (Å²) >= 11 is 0. The van der Waals surface area contributed by atoms with Crippen molar-refractivity contribution >= 4 is 5.95 Å². The van der Waals surface area contributed by atoms with E-state index in [-0.39, 0.29) is 12.6 Å². The SMILES string of the molecule is CCC(CO)Nc1ncc(C)c(-c2cc[nH]c2)n1. The largest absolute Gasteiger partial charge is 0.394 e. The van der Waals surface area contributed by atoms with Crippen molar-refractivity contribution in [3.63, 3.8) is 0 Å². The Kier molecular flexibility index (Phi) is 3.94. The Labute approximate surface area is 106 Å². The second-order valence-electron chi connectivity index (χ2n) is 4.26. The average molecular weight is 246 g/mol. The van der Waals surface area contributed by atoms with Crippen LogP contribution >= 0.6 is 0 Å². The number of anilines is 1. The maximum atomic E-state index is 9.17. The molecule has 2 aromatic heterocycles. The number of H-pyrrole nitrogens is 1. The van der Waals surface area contributed by atoms with E-state index in [9.17, 15) is 5.11 Å². The van der Waals surface area contributed by atoms with Crippen molar-refractivity contribution in [3.8, 4) is 11.3 Å². The molecule has 0 aliphatic rings. The van der Waals surface area contributed by atoms with Gasteiger partial charge in [-0.1, -0.05) is 6.92 Å². The summed E-state index contributed by atoms with van der Waals surface area (Å²) in [5, 5.41) is 12.3. The van der Waals surface area contributed by atoms with Crippen LogP contribution in [-0.4, -0.2) is 32.7 Å². The molecule has 1 unspecified atom stereocenters. The summed E-state index contributed by atoms with van der Waals surface area (Å²) in [4.78, 5) is 11.8. The molecule has 0 saturated carbocycles. The number of aliphatic hydroxyl groups is 1. The molecule has 0 aliphatic heterocycles. The van der Waals surface area contributed by atoms with Gasteiger partial charge in [-0.3, -0.25) is 0 Å². The summed E-state index contributed by atoms with van der Waals surface area (Å²) in [7, 11) is 0. The van der Waals surface area contributed by atoms with Gasteiger partial charge in [0.2, 0.25) is 5.95 Å². The first-order valence-electron chi connectivity index (χ1n) is 6.08. The summed E-state index contributed by atoms with van der Waals surface area (Å²) in [5.74, 6) is 0.553. The Hall–Kier alpha value is -1.88. The van der Waals surface area contributed by atoms with Crippen LogP contribution in [0.15, 0.2) is 24.7 Å². The zero-order chi connectivity index (χ0) is 13.0. The van der Waals surface area contributed by atoms with E-state index in [1.165, 1.54) is 0 Å². The standard InChI is InChI=1S/C13H18N4O/c1-3-11(8-18)16-13-15-6-9(2)12(17-13)10-4-5-14-7-10/h4-7,11,14,18H,3,8H2,1-2H3,(H,15,16,17). The van der Waals surface area contributed by atoms with Crippen molar-refractivity contribution in [1.82, 2.24) is 15.0 Å². The minimum atomic E-state index is -0.00761. The van der Waals surface area contributed by atoms with Crippen LogP contribution in [0.25, 0.3) is 11.3 Å². The molecule has 5 nitrogen and oxygen atoms in total. The highest BCUT2D eigenvalue weighted by Crippen LogP contribution is 2.21. The van der Waals surface area contributed by atoms with Gasteiger partial charge in [0.05, 0.1) is 18.3 Å². The first kappa shape index (κ1) is 12.6. The van der Waals surface area contributed by atoms with Gasteiger partial charge in [0.25, 0.3) is 0 Å². The zero-order valence-corrected chi connectivity index (χ0v) is 10.6. The molecule has 3 N–H and O–H groups in total. The topological polar surface area (TPSA) is 73.8 Å². The highest BCUT2D eigenvalue weighted by Gasteiger charge is 2.10. The van der Waals surface area contributed by atoms with E-state index in [0.717, 1.165) is 23.2 Å². The predicted molar refractivity (Wildman–Crippen MR) is 71.3 cm³/mol. The van der Waals surface area contributed by atoms with Crippen LogP contribution < -0.4 is 5.32 Å². The molecule has 0 aliphatic carbocycles. The first-order chi connectivity index (χ1) is 8.74. The fraction of sp³-hybridized carbons (Fsp3) is 0.385. The highest BCUT2D eigenvalue weighted by atomic mass is 16.3. The van der Waals surface area contributed by atoms with Crippen LogP contribution in [0.4, 0.5) is 5.95 Å². The average Bonchev–Trinajstić information content (AvgIpc) is 2.91. The third-order valence-corrected chi connectivity index (χ3v) is 2.89.